The lowest BCUT2D eigenvalue weighted by atomic mass is 9.73. The number of thioether (sulfide) groups is 1. The maximum atomic E-state index is 10.1. The van der Waals surface area contributed by atoms with Crippen LogP contribution < -0.4 is 5.73 Å². The molecule has 4 rings (SSSR count). The fourth-order valence-electron chi connectivity index (χ4n) is 5.19. The molecular formula is C15H18N4OS. The van der Waals surface area contributed by atoms with Crippen molar-refractivity contribution in [2.75, 3.05) is 12.4 Å². The monoisotopic (exact) mass is 302 g/mol. The van der Waals surface area contributed by atoms with Crippen molar-refractivity contribution in [3.63, 3.8) is 0 Å². The summed E-state index contributed by atoms with van der Waals surface area (Å²) in [6.45, 7) is 2.80. The Morgan fingerprint density at radius 1 is 1.33 bits per heavy atom. The second-order valence-corrected chi connectivity index (χ2v) is 8.01. The van der Waals surface area contributed by atoms with Crippen molar-refractivity contribution in [1.29, 1.82) is 10.5 Å². The number of ether oxygens (including phenoxy) is 1. The van der Waals surface area contributed by atoms with E-state index in [4.69, 9.17) is 10.5 Å². The molecule has 1 saturated heterocycles. The molecule has 2 aliphatic carbocycles. The van der Waals surface area contributed by atoms with Gasteiger partial charge in [-0.2, -0.15) is 10.5 Å². The van der Waals surface area contributed by atoms with Crippen LogP contribution in [0.25, 0.3) is 0 Å². The lowest BCUT2D eigenvalue weighted by Crippen LogP contribution is -2.38. The van der Waals surface area contributed by atoms with Gasteiger partial charge in [0.05, 0.1) is 18.7 Å². The summed E-state index contributed by atoms with van der Waals surface area (Å²) in [5.74, 6) is 1.78. The molecule has 2 N–H and O–H groups in total. The summed E-state index contributed by atoms with van der Waals surface area (Å²) in [5.41, 5.74) is 4.01. The molecule has 0 bridgehead atoms. The van der Waals surface area contributed by atoms with E-state index < -0.39 is 15.9 Å². The molecule has 2 saturated carbocycles. The van der Waals surface area contributed by atoms with Crippen molar-refractivity contribution in [1.82, 2.24) is 0 Å². The predicted octanol–water partition coefficient (Wildman–Crippen LogP) is 2.00. The van der Waals surface area contributed by atoms with Gasteiger partial charge in [0.25, 0.3) is 0 Å². The molecule has 4 aliphatic rings. The van der Waals surface area contributed by atoms with E-state index in [9.17, 15) is 10.5 Å². The molecule has 0 amide bonds. The molecule has 2 aliphatic heterocycles. The summed E-state index contributed by atoms with van der Waals surface area (Å²) in [4.78, 5) is 4.50. The van der Waals surface area contributed by atoms with Crippen LogP contribution in [0.3, 0.4) is 0 Å². The third-order valence-electron chi connectivity index (χ3n) is 6.20. The average molecular weight is 302 g/mol. The Balaban J connectivity index is 1.91. The highest BCUT2D eigenvalue weighted by Gasteiger charge is 2.99. The lowest BCUT2D eigenvalue weighted by molar-refractivity contribution is 0.00122. The van der Waals surface area contributed by atoms with E-state index in [1.165, 1.54) is 0 Å². The number of hydrogen-bond acceptors (Lipinski definition) is 6. The van der Waals surface area contributed by atoms with Crippen LogP contribution >= 0.6 is 11.8 Å². The Kier molecular flexibility index (Phi) is 2.39. The van der Waals surface area contributed by atoms with E-state index in [0.717, 1.165) is 31.4 Å². The first kappa shape index (κ1) is 13.4. The average Bonchev–Trinajstić information content (AvgIpc) is 2.77. The number of amidine groups is 1. The topological polar surface area (TPSA) is 95.2 Å². The van der Waals surface area contributed by atoms with Crippen LogP contribution in [0.5, 0.6) is 0 Å². The van der Waals surface area contributed by atoms with E-state index in [0.29, 0.717) is 18.4 Å². The number of nitrogens with zero attached hydrogens (tertiary/aromatic N) is 3. The van der Waals surface area contributed by atoms with Gasteiger partial charge in [0.15, 0.2) is 5.41 Å². The Hall–Kier alpha value is -1.24. The van der Waals surface area contributed by atoms with Crippen LogP contribution in [0, 0.1) is 44.8 Å². The standard InChI is InChI=1S/C15H18N4OS/c1-10-2-4-12(5-3-10)13(8-16)11(18)19-15(14(12,13)9-17)20-6-7-21-15/h10H,2-7H2,1H3,(H2,18,19)/t10?,12?,13-,14+,15+/m0/s1. The van der Waals surface area contributed by atoms with E-state index in [-0.39, 0.29) is 5.41 Å². The maximum Gasteiger partial charge on any atom is 0.230 e. The van der Waals surface area contributed by atoms with Gasteiger partial charge in [0.2, 0.25) is 5.06 Å². The zero-order valence-electron chi connectivity index (χ0n) is 12.1. The largest absolute Gasteiger partial charge is 0.386 e. The molecule has 0 aromatic rings. The lowest BCUT2D eigenvalue weighted by Gasteiger charge is -2.35. The third-order valence-corrected chi connectivity index (χ3v) is 7.48. The zero-order valence-corrected chi connectivity index (χ0v) is 12.9. The maximum absolute atomic E-state index is 10.1. The molecule has 0 aromatic heterocycles. The van der Waals surface area contributed by atoms with Crippen LogP contribution in [-0.2, 0) is 4.74 Å². The fraction of sp³-hybridized carbons (Fsp3) is 0.800. The van der Waals surface area contributed by atoms with Gasteiger partial charge in [-0.3, -0.25) is 0 Å². The van der Waals surface area contributed by atoms with Crippen molar-refractivity contribution in [3.05, 3.63) is 0 Å². The van der Waals surface area contributed by atoms with Crippen LogP contribution in [-0.4, -0.2) is 23.3 Å². The number of nitrogens with two attached hydrogens (primary N) is 1. The summed E-state index contributed by atoms with van der Waals surface area (Å²) in [6.07, 6.45) is 3.83. The normalized spacial score (nSPS) is 54.0. The van der Waals surface area contributed by atoms with Gasteiger partial charge < -0.3 is 10.5 Å². The Bertz CT molecular complexity index is 619. The van der Waals surface area contributed by atoms with Gasteiger partial charge in [-0.05, 0) is 18.8 Å². The second-order valence-electron chi connectivity index (χ2n) is 6.76. The summed E-state index contributed by atoms with van der Waals surface area (Å²) in [6, 6.07) is 4.89. The number of fused-ring (bicyclic) bond motifs is 4. The first-order valence-electron chi connectivity index (χ1n) is 7.52. The molecule has 0 unspecified atom stereocenters. The highest BCUT2D eigenvalue weighted by atomic mass is 32.2. The Labute approximate surface area is 128 Å². The van der Waals surface area contributed by atoms with Gasteiger partial charge in [-0.25, -0.2) is 4.99 Å². The minimum atomic E-state index is -0.942. The SMILES string of the molecule is CC1CCC2(CC1)[C@@]1(C#N)[C@@]3(N=C(N)[C@@]21C#N)OCCS3. The fourth-order valence-corrected chi connectivity index (χ4v) is 6.58. The summed E-state index contributed by atoms with van der Waals surface area (Å²) < 4.78 is 5.92. The highest BCUT2D eigenvalue weighted by Crippen LogP contribution is 2.90. The Morgan fingerprint density at radius 2 is 2.05 bits per heavy atom. The van der Waals surface area contributed by atoms with E-state index in [1.807, 2.05) is 0 Å². The van der Waals surface area contributed by atoms with Crippen molar-refractivity contribution in [3.8, 4) is 12.1 Å². The van der Waals surface area contributed by atoms with E-state index in [2.05, 4.69) is 24.1 Å². The second kappa shape index (κ2) is 3.74. The molecule has 0 aromatic carbocycles. The summed E-state index contributed by atoms with van der Waals surface area (Å²) in [7, 11) is 0. The van der Waals surface area contributed by atoms with Crippen molar-refractivity contribution < 1.29 is 4.74 Å². The third kappa shape index (κ3) is 1.05. The van der Waals surface area contributed by atoms with E-state index >= 15 is 0 Å². The smallest absolute Gasteiger partial charge is 0.230 e. The molecule has 2 spiro atoms. The highest BCUT2D eigenvalue weighted by molar-refractivity contribution is 8.00. The quantitative estimate of drug-likeness (QED) is 0.738. The van der Waals surface area contributed by atoms with Crippen LogP contribution in [0.4, 0.5) is 0 Å². The number of rotatable bonds is 0. The first-order valence-corrected chi connectivity index (χ1v) is 8.51. The summed E-state index contributed by atoms with van der Waals surface area (Å²) >= 11 is 1.55. The molecule has 2 heterocycles. The number of aliphatic imine (C=N–C) groups is 1. The van der Waals surface area contributed by atoms with Gasteiger partial charge in [0.1, 0.15) is 11.3 Å². The number of nitriles is 2. The van der Waals surface area contributed by atoms with E-state index in [1.54, 1.807) is 11.8 Å². The molecule has 3 fully saturated rings. The molecule has 21 heavy (non-hydrogen) atoms. The molecule has 110 valence electrons. The first-order chi connectivity index (χ1) is 10.1. The van der Waals surface area contributed by atoms with Crippen molar-refractivity contribution >= 4 is 17.6 Å². The molecule has 0 radical (unpaired) electrons. The van der Waals surface area contributed by atoms with Crippen LogP contribution in [0.1, 0.15) is 32.6 Å². The van der Waals surface area contributed by atoms with Gasteiger partial charge in [-0.15, -0.1) is 0 Å². The summed E-state index contributed by atoms with van der Waals surface area (Å²) in [5, 5.41) is 19.1. The zero-order chi connectivity index (χ0) is 14.9. The van der Waals surface area contributed by atoms with Gasteiger partial charge in [-0.1, -0.05) is 31.5 Å². The van der Waals surface area contributed by atoms with Crippen molar-refractivity contribution in [2.45, 2.75) is 37.7 Å². The predicted molar refractivity (Wildman–Crippen MR) is 78.9 cm³/mol. The van der Waals surface area contributed by atoms with Gasteiger partial charge in [0, 0.05) is 11.2 Å². The van der Waals surface area contributed by atoms with Crippen LogP contribution in [0.15, 0.2) is 4.99 Å². The Morgan fingerprint density at radius 3 is 2.57 bits per heavy atom. The molecule has 5 nitrogen and oxygen atoms in total. The minimum Gasteiger partial charge on any atom is -0.386 e. The van der Waals surface area contributed by atoms with Gasteiger partial charge >= 0.3 is 0 Å². The molecule has 3 atom stereocenters. The molecular weight excluding hydrogens is 284 g/mol. The van der Waals surface area contributed by atoms with Crippen LogP contribution in [0.2, 0.25) is 0 Å². The minimum absolute atomic E-state index is 0.329. The number of hydrogen-bond donors (Lipinski definition) is 1. The van der Waals surface area contributed by atoms with Crippen molar-refractivity contribution in [2.24, 2.45) is 32.9 Å². The molecule has 6 heteroatoms.